The monoisotopic (exact) mass is 239 g/mol. The molecule has 0 unspecified atom stereocenters. The van der Waals surface area contributed by atoms with Gasteiger partial charge in [0.2, 0.25) is 5.88 Å². The smallest absolute Gasteiger partial charge is 0.218 e. The lowest BCUT2D eigenvalue weighted by molar-refractivity contribution is 0.158. The van der Waals surface area contributed by atoms with Crippen molar-refractivity contribution in [1.82, 2.24) is 9.97 Å². The van der Waals surface area contributed by atoms with Crippen LogP contribution in [0.15, 0.2) is 12.4 Å². The molecule has 1 rings (SSSR count). The fraction of sp³-hybridized carbons (Fsp3) is 0.667. The number of hydrogen-bond donors (Lipinski definition) is 1. The molecular formula is C12H21N3O2. The van der Waals surface area contributed by atoms with Crippen molar-refractivity contribution in [3.05, 3.63) is 12.4 Å². The molecule has 0 radical (unpaired) electrons. The Morgan fingerprint density at radius 3 is 2.65 bits per heavy atom. The van der Waals surface area contributed by atoms with Gasteiger partial charge in [-0.25, -0.2) is 9.97 Å². The fourth-order valence-electron chi connectivity index (χ4n) is 1.46. The normalized spacial score (nSPS) is 11.6. The van der Waals surface area contributed by atoms with Gasteiger partial charge in [0.25, 0.3) is 0 Å². The summed E-state index contributed by atoms with van der Waals surface area (Å²) in [5.74, 6) is 1.31. The average Bonchev–Trinajstić information content (AvgIpc) is 2.15. The molecule has 5 nitrogen and oxygen atoms in total. The molecule has 0 saturated carbocycles. The van der Waals surface area contributed by atoms with E-state index in [4.69, 9.17) is 9.47 Å². The van der Waals surface area contributed by atoms with Gasteiger partial charge in [0.05, 0.1) is 18.2 Å². The number of hydrogen-bond acceptors (Lipinski definition) is 5. The van der Waals surface area contributed by atoms with Gasteiger partial charge in [0.1, 0.15) is 12.1 Å². The van der Waals surface area contributed by atoms with Crippen LogP contribution in [0.5, 0.6) is 5.88 Å². The summed E-state index contributed by atoms with van der Waals surface area (Å²) in [6, 6.07) is 1.79. The maximum atomic E-state index is 5.51. The summed E-state index contributed by atoms with van der Waals surface area (Å²) in [7, 11) is 1.68. The molecule has 1 N–H and O–H groups in total. The Hall–Kier alpha value is -1.36. The van der Waals surface area contributed by atoms with Crippen molar-refractivity contribution < 1.29 is 9.47 Å². The molecule has 17 heavy (non-hydrogen) atoms. The lowest BCUT2D eigenvalue weighted by Gasteiger charge is -2.25. The van der Waals surface area contributed by atoms with Crippen LogP contribution in [-0.4, -0.2) is 35.3 Å². The van der Waals surface area contributed by atoms with E-state index in [2.05, 4.69) is 15.3 Å². The highest BCUT2D eigenvalue weighted by atomic mass is 16.5. The Labute approximate surface area is 103 Å². The average molecular weight is 239 g/mol. The number of methoxy groups -OCH3 is 1. The maximum Gasteiger partial charge on any atom is 0.218 e. The standard InChI is InChI=1S/C12H21N3O2/c1-9(2)17-11-6-10(13-8-14-11)15-12(3,4)7-16-5/h6,8-9H,7H2,1-5H3,(H,13,14,15). The van der Waals surface area contributed by atoms with Gasteiger partial charge in [-0.15, -0.1) is 0 Å². The highest BCUT2D eigenvalue weighted by molar-refractivity contribution is 5.39. The molecule has 1 heterocycles. The Balaban J connectivity index is 2.71. The summed E-state index contributed by atoms with van der Waals surface area (Å²) >= 11 is 0. The highest BCUT2D eigenvalue weighted by Crippen LogP contribution is 2.17. The van der Waals surface area contributed by atoms with Gasteiger partial charge in [0, 0.05) is 13.2 Å². The molecule has 0 aliphatic carbocycles. The third kappa shape index (κ3) is 4.99. The van der Waals surface area contributed by atoms with E-state index in [1.807, 2.05) is 27.7 Å². The molecule has 1 aromatic rings. The second-order valence-electron chi connectivity index (χ2n) is 4.85. The third-order valence-electron chi connectivity index (χ3n) is 1.97. The minimum Gasteiger partial charge on any atom is -0.475 e. The molecule has 0 aromatic carbocycles. The van der Waals surface area contributed by atoms with Crippen LogP contribution >= 0.6 is 0 Å². The first kappa shape index (κ1) is 13.7. The van der Waals surface area contributed by atoms with Gasteiger partial charge in [-0.05, 0) is 27.7 Å². The van der Waals surface area contributed by atoms with Crippen LogP contribution in [0.2, 0.25) is 0 Å². The number of anilines is 1. The number of ether oxygens (including phenoxy) is 2. The van der Waals surface area contributed by atoms with Crippen molar-refractivity contribution in [3.8, 4) is 5.88 Å². The SMILES string of the molecule is COCC(C)(C)Nc1cc(OC(C)C)ncn1. The van der Waals surface area contributed by atoms with E-state index in [-0.39, 0.29) is 11.6 Å². The molecule has 0 amide bonds. The molecule has 0 saturated heterocycles. The predicted octanol–water partition coefficient (Wildman–Crippen LogP) is 2.10. The molecule has 0 aliphatic heterocycles. The third-order valence-corrected chi connectivity index (χ3v) is 1.97. The molecule has 5 heteroatoms. The van der Waals surface area contributed by atoms with Gasteiger partial charge in [-0.1, -0.05) is 0 Å². The first-order valence-electron chi connectivity index (χ1n) is 5.69. The van der Waals surface area contributed by atoms with Gasteiger partial charge >= 0.3 is 0 Å². The molecule has 0 aliphatic rings. The summed E-state index contributed by atoms with van der Waals surface area (Å²) < 4.78 is 10.6. The first-order chi connectivity index (χ1) is 7.93. The predicted molar refractivity (Wildman–Crippen MR) is 67.4 cm³/mol. The number of rotatable bonds is 6. The van der Waals surface area contributed by atoms with Gasteiger partial charge < -0.3 is 14.8 Å². The molecule has 0 atom stereocenters. The van der Waals surface area contributed by atoms with Crippen LogP contribution in [0.3, 0.4) is 0 Å². The van der Waals surface area contributed by atoms with Gasteiger partial charge in [-0.3, -0.25) is 0 Å². The number of nitrogens with one attached hydrogen (secondary N) is 1. The summed E-state index contributed by atoms with van der Waals surface area (Å²) in [6.07, 6.45) is 1.59. The topological polar surface area (TPSA) is 56.3 Å². The van der Waals surface area contributed by atoms with E-state index < -0.39 is 0 Å². The second kappa shape index (κ2) is 5.82. The summed E-state index contributed by atoms with van der Waals surface area (Å²) in [5.41, 5.74) is -0.182. The van der Waals surface area contributed by atoms with E-state index in [0.717, 1.165) is 5.82 Å². The van der Waals surface area contributed by atoms with Crippen molar-refractivity contribution in [1.29, 1.82) is 0 Å². The van der Waals surface area contributed by atoms with Crippen molar-refractivity contribution >= 4 is 5.82 Å². The molecule has 1 aromatic heterocycles. The Morgan fingerprint density at radius 2 is 2.06 bits per heavy atom. The summed E-state index contributed by atoms with van der Waals surface area (Å²) in [5, 5.41) is 3.28. The second-order valence-corrected chi connectivity index (χ2v) is 4.85. The van der Waals surface area contributed by atoms with Crippen molar-refractivity contribution in [2.24, 2.45) is 0 Å². The van der Waals surface area contributed by atoms with Gasteiger partial charge in [-0.2, -0.15) is 0 Å². The van der Waals surface area contributed by atoms with Crippen LogP contribution in [0, 0.1) is 0 Å². The molecule has 0 fully saturated rings. The lowest BCUT2D eigenvalue weighted by atomic mass is 10.1. The van der Waals surface area contributed by atoms with Crippen LogP contribution in [-0.2, 0) is 4.74 Å². The highest BCUT2D eigenvalue weighted by Gasteiger charge is 2.18. The van der Waals surface area contributed by atoms with E-state index in [9.17, 15) is 0 Å². The van der Waals surface area contributed by atoms with E-state index >= 15 is 0 Å². The summed E-state index contributed by atoms with van der Waals surface area (Å²) in [4.78, 5) is 8.21. The minimum absolute atomic E-state index is 0.102. The zero-order valence-corrected chi connectivity index (χ0v) is 11.2. The molecular weight excluding hydrogens is 218 g/mol. The van der Waals surface area contributed by atoms with Crippen LogP contribution in [0.4, 0.5) is 5.82 Å². The maximum absolute atomic E-state index is 5.51. The van der Waals surface area contributed by atoms with Crippen molar-refractivity contribution in [3.63, 3.8) is 0 Å². The van der Waals surface area contributed by atoms with E-state index in [0.29, 0.717) is 12.5 Å². The molecule has 96 valence electrons. The quantitative estimate of drug-likeness (QED) is 0.824. The van der Waals surface area contributed by atoms with Crippen molar-refractivity contribution in [2.45, 2.75) is 39.3 Å². The van der Waals surface area contributed by atoms with E-state index in [1.54, 1.807) is 13.2 Å². The molecule has 0 bridgehead atoms. The Bertz CT molecular complexity index is 353. The largest absolute Gasteiger partial charge is 0.475 e. The number of aromatic nitrogens is 2. The van der Waals surface area contributed by atoms with E-state index in [1.165, 1.54) is 6.33 Å². The fourth-order valence-corrected chi connectivity index (χ4v) is 1.46. The zero-order chi connectivity index (χ0) is 12.9. The van der Waals surface area contributed by atoms with Gasteiger partial charge in [0.15, 0.2) is 0 Å². The van der Waals surface area contributed by atoms with Crippen LogP contribution in [0.25, 0.3) is 0 Å². The minimum atomic E-state index is -0.182. The van der Waals surface area contributed by atoms with Crippen molar-refractivity contribution in [2.75, 3.05) is 19.0 Å². The lowest BCUT2D eigenvalue weighted by Crippen LogP contribution is -2.36. The Morgan fingerprint density at radius 1 is 1.35 bits per heavy atom. The van der Waals surface area contributed by atoms with Crippen LogP contribution < -0.4 is 10.1 Å². The summed E-state index contributed by atoms with van der Waals surface area (Å²) in [6.45, 7) is 8.61. The van der Waals surface area contributed by atoms with Crippen LogP contribution in [0.1, 0.15) is 27.7 Å². The Kier molecular flexibility index (Phi) is 4.69. The first-order valence-corrected chi connectivity index (χ1v) is 5.69. The molecule has 0 spiro atoms. The zero-order valence-electron chi connectivity index (χ0n) is 11.2. The number of nitrogens with zero attached hydrogens (tertiary/aromatic N) is 2.